The summed E-state index contributed by atoms with van der Waals surface area (Å²) in [7, 11) is 1.39. The van der Waals surface area contributed by atoms with Crippen molar-refractivity contribution in [3.8, 4) is 0 Å². The lowest BCUT2D eigenvalue weighted by Gasteiger charge is -1.88. The van der Waals surface area contributed by atoms with Crippen molar-refractivity contribution in [1.29, 1.82) is 0 Å². The Kier molecular flexibility index (Phi) is 2.49. The Balaban J connectivity index is 2.08. The minimum absolute atomic E-state index is 0.249. The average molecular weight is 140 g/mol. The molecule has 1 rings (SSSR count). The van der Waals surface area contributed by atoms with Gasteiger partial charge in [0, 0.05) is 6.08 Å². The number of rotatable bonds is 3. The summed E-state index contributed by atoms with van der Waals surface area (Å²) in [6.07, 6.45) is 7.08. The molecule has 0 aliphatic heterocycles. The Morgan fingerprint density at radius 2 is 2.40 bits per heavy atom. The number of methoxy groups -OCH3 is 1. The third kappa shape index (κ3) is 2.67. The van der Waals surface area contributed by atoms with Crippen molar-refractivity contribution >= 4 is 5.97 Å². The van der Waals surface area contributed by atoms with Gasteiger partial charge in [-0.25, -0.2) is 4.79 Å². The van der Waals surface area contributed by atoms with Crippen LogP contribution >= 0.6 is 0 Å². The molecule has 56 valence electrons. The van der Waals surface area contributed by atoms with Gasteiger partial charge in [-0.3, -0.25) is 0 Å². The standard InChI is InChI=1S/C8H12O2/c1-10-8(9)4-2-3-7-5-6-7/h2,4,7H,3,5-6H2,1H3/b4-2+. The van der Waals surface area contributed by atoms with Crippen molar-refractivity contribution in [2.45, 2.75) is 19.3 Å². The molecule has 0 aromatic heterocycles. The molecular formula is C8H12O2. The second-order valence-electron chi connectivity index (χ2n) is 2.60. The Labute approximate surface area is 60.9 Å². The van der Waals surface area contributed by atoms with Gasteiger partial charge in [0.25, 0.3) is 0 Å². The molecule has 0 aromatic carbocycles. The summed E-state index contributed by atoms with van der Waals surface area (Å²) in [6, 6.07) is 0. The number of hydrogen-bond acceptors (Lipinski definition) is 2. The number of allylic oxidation sites excluding steroid dienone is 1. The molecule has 10 heavy (non-hydrogen) atoms. The SMILES string of the molecule is COC(=O)/C=C/CC1CC1. The van der Waals surface area contributed by atoms with E-state index in [1.54, 1.807) is 0 Å². The molecule has 1 fully saturated rings. The molecule has 2 nitrogen and oxygen atoms in total. The fourth-order valence-electron chi connectivity index (χ4n) is 0.778. The zero-order chi connectivity index (χ0) is 7.40. The van der Waals surface area contributed by atoms with Gasteiger partial charge in [-0.15, -0.1) is 0 Å². The molecular weight excluding hydrogens is 128 g/mol. The van der Waals surface area contributed by atoms with Crippen LogP contribution in [0.2, 0.25) is 0 Å². The first-order valence-corrected chi connectivity index (χ1v) is 3.57. The summed E-state index contributed by atoms with van der Waals surface area (Å²) < 4.78 is 4.43. The molecule has 1 saturated carbocycles. The van der Waals surface area contributed by atoms with Gasteiger partial charge in [0.1, 0.15) is 0 Å². The van der Waals surface area contributed by atoms with Gasteiger partial charge in [-0.1, -0.05) is 6.08 Å². The summed E-state index contributed by atoms with van der Waals surface area (Å²) >= 11 is 0. The van der Waals surface area contributed by atoms with Crippen LogP contribution in [0.3, 0.4) is 0 Å². The van der Waals surface area contributed by atoms with Crippen LogP contribution in [0, 0.1) is 5.92 Å². The molecule has 0 bridgehead atoms. The quantitative estimate of drug-likeness (QED) is 0.439. The van der Waals surface area contributed by atoms with Crippen molar-refractivity contribution in [3.63, 3.8) is 0 Å². The van der Waals surface area contributed by atoms with Crippen LogP contribution < -0.4 is 0 Å². The normalized spacial score (nSPS) is 17.7. The van der Waals surface area contributed by atoms with E-state index in [9.17, 15) is 4.79 Å². The maximum atomic E-state index is 10.5. The summed E-state index contributed by atoms with van der Waals surface area (Å²) in [4.78, 5) is 10.5. The van der Waals surface area contributed by atoms with Crippen LogP contribution in [-0.4, -0.2) is 13.1 Å². The first kappa shape index (κ1) is 7.32. The number of carbonyl (C=O) groups is 1. The van der Waals surface area contributed by atoms with Crippen LogP contribution in [0.1, 0.15) is 19.3 Å². The lowest BCUT2D eigenvalue weighted by molar-refractivity contribution is -0.134. The Bertz CT molecular complexity index is 145. The molecule has 0 atom stereocenters. The predicted molar refractivity (Wildman–Crippen MR) is 38.5 cm³/mol. The van der Waals surface area contributed by atoms with Crippen LogP contribution in [0.15, 0.2) is 12.2 Å². The summed E-state index contributed by atoms with van der Waals surface area (Å²) in [5.74, 6) is 0.599. The van der Waals surface area contributed by atoms with Crippen molar-refractivity contribution < 1.29 is 9.53 Å². The van der Waals surface area contributed by atoms with E-state index < -0.39 is 0 Å². The van der Waals surface area contributed by atoms with Crippen molar-refractivity contribution in [3.05, 3.63) is 12.2 Å². The highest BCUT2D eigenvalue weighted by Gasteiger charge is 2.18. The number of esters is 1. The summed E-state index contributed by atoms with van der Waals surface area (Å²) in [6.45, 7) is 0. The highest BCUT2D eigenvalue weighted by molar-refractivity contribution is 5.81. The lowest BCUT2D eigenvalue weighted by atomic mass is 10.3. The van der Waals surface area contributed by atoms with E-state index in [-0.39, 0.29) is 5.97 Å². The highest BCUT2D eigenvalue weighted by Crippen LogP contribution is 2.32. The van der Waals surface area contributed by atoms with Gasteiger partial charge in [0.05, 0.1) is 7.11 Å². The van der Waals surface area contributed by atoms with Gasteiger partial charge >= 0.3 is 5.97 Å². The maximum absolute atomic E-state index is 10.5. The first-order chi connectivity index (χ1) is 4.83. The number of ether oxygens (including phenoxy) is 1. The van der Waals surface area contributed by atoms with Crippen molar-refractivity contribution in [2.24, 2.45) is 5.92 Å². The molecule has 2 heteroatoms. The largest absolute Gasteiger partial charge is 0.466 e. The smallest absolute Gasteiger partial charge is 0.330 e. The third-order valence-corrected chi connectivity index (χ3v) is 1.62. The Morgan fingerprint density at radius 3 is 2.90 bits per heavy atom. The first-order valence-electron chi connectivity index (χ1n) is 3.57. The van der Waals surface area contributed by atoms with E-state index in [1.165, 1.54) is 26.0 Å². The van der Waals surface area contributed by atoms with E-state index in [0.29, 0.717) is 0 Å². The molecule has 0 saturated heterocycles. The second-order valence-corrected chi connectivity index (χ2v) is 2.60. The second kappa shape index (κ2) is 3.40. The molecule has 0 N–H and O–H groups in total. The van der Waals surface area contributed by atoms with Crippen molar-refractivity contribution in [2.75, 3.05) is 7.11 Å². The van der Waals surface area contributed by atoms with Gasteiger partial charge in [0.2, 0.25) is 0 Å². The van der Waals surface area contributed by atoms with Crippen LogP contribution in [0.5, 0.6) is 0 Å². The Hall–Kier alpha value is -0.790. The lowest BCUT2D eigenvalue weighted by Crippen LogP contribution is -1.93. The van der Waals surface area contributed by atoms with Gasteiger partial charge in [-0.05, 0) is 25.2 Å². The number of hydrogen-bond donors (Lipinski definition) is 0. The third-order valence-electron chi connectivity index (χ3n) is 1.62. The molecule has 0 aromatic rings. The highest BCUT2D eigenvalue weighted by atomic mass is 16.5. The molecule has 0 spiro atoms. The van der Waals surface area contributed by atoms with E-state index in [1.807, 2.05) is 6.08 Å². The maximum Gasteiger partial charge on any atom is 0.330 e. The predicted octanol–water partition coefficient (Wildman–Crippen LogP) is 1.52. The molecule has 0 heterocycles. The fourth-order valence-corrected chi connectivity index (χ4v) is 0.778. The Morgan fingerprint density at radius 1 is 1.70 bits per heavy atom. The molecule has 1 aliphatic rings. The zero-order valence-corrected chi connectivity index (χ0v) is 6.17. The number of carbonyl (C=O) groups excluding carboxylic acids is 1. The minimum Gasteiger partial charge on any atom is -0.466 e. The van der Waals surface area contributed by atoms with Gasteiger partial charge < -0.3 is 4.74 Å². The molecule has 0 radical (unpaired) electrons. The summed E-state index contributed by atoms with van der Waals surface area (Å²) in [5, 5.41) is 0. The monoisotopic (exact) mass is 140 g/mol. The van der Waals surface area contributed by atoms with E-state index in [4.69, 9.17) is 0 Å². The van der Waals surface area contributed by atoms with E-state index in [2.05, 4.69) is 4.74 Å². The van der Waals surface area contributed by atoms with Crippen LogP contribution in [-0.2, 0) is 9.53 Å². The van der Waals surface area contributed by atoms with Crippen LogP contribution in [0.25, 0.3) is 0 Å². The fraction of sp³-hybridized carbons (Fsp3) is 0.625. The molecule has 0 amide bonds. The topological polar surface area (TPSA) is 26.3 Å². The van der Waals surface area contributed by atoms with E-state index in [0.717, 1.165) is 12.3 Å². The molecule has 0 unspecified atom stereocenters. The summed E-state index contributed by atoms with van der Waals surface area (Å²) in [5.41, 5.74) is 0. The van der Waals surface area contributed by atoms with Crippen molar-refractivity contribution in [1.82, 2.24) is 0 Å². The van der Waals surface area contributed by atoms with Gasteiger partial charge in [0.15, 0.2) is 0 Å². The van der Waals surface area contributed by atoms with E-state index >= 15 is 0 Å². The average Bonchev–Trinajstić information content (AvgIpc) is 2.71. The zero-order valence-electron chi connectivity index (χ0n) is 6.17. The van der Waals surface area contributed by atoms with Gasteiger partial charge in [-0.2, -0.15) is 0 Å². The van der Waals surface area contributed by atoms with Crippen LogP contribution in [0.4, 0.5) is 0 Å². The molecule has 1 aliphatic carbocycles. The minimum atomic E-state index is -0.249.